The van der Waals surface area contributed by atoms with Crippen molar-refractivity contribution >= 4 is 46.3 Å². The maximum Gasteiger partial charge on any atom is 0.251 e. The number of para-hydroxylation sites is 1. The van der Waals surface area contributed by atoms with Crippen molar-refractivity contribution in [3.63, 3.8) is 0 Å². The van der Waals surface area contributed by atoms with Crippen LogP contribution in [0, 0.1) is 0 Å². The number of aromatic nitrogens is 3. The van der Waals surface area contributed by atoms with Gasteiger partial charge in [-0.2, -0.15) is 10.1 Å². The number of benzene rings is 2. The average Bonchev–Trinajstić information content (AvgIpc) is 2.60. The molecule has 1 N–H and O–H groups in total. The van der Waals surface area contributed by atoms with E-state index in [1.807, 2.05) is 42.2 Å². The summed E-state index contributed by atoms with van der Waals surface area (Å²) in [6.07, 6.45) is 1.55. The molecule has 122 valence electrons. The van der Waals surface area contributed by atoms with Crippen molar-refractivity contribution < 1.29 is 0 Å². The molecule has 3 rings (SSSR count). The zero-order chi connectivity index (χ0) is 16.9. The van der Waals surface area contributed by atoms with Gasteiger partial charge in [-0.3, -0.25) is 0 Å². The number of nitrogens with zero attached hydrogens (tertiary/aromatic N) is 4. The van der Waals surface area contributed by atoms with Gasteiger partial charge in [0.05, 0.1) is 16.9 Å². The van der Waals surface area contributed by atoms with Gasteiger partial charge >= 0.3 is 0 Å². The fourth-order valence-corrected chi connectivity index (χ4v) is 2.70. The molecule has 3 aromatic rings. The summed E-state index contributed by atoms with van der Waals surface area (Å²) in [6.45, 7) is 2.75. The number of rotatable bonds is 5. The van der Waals surface area contributed by atoms with E-state index in [9.17, 15) is 0 Å². The van der Waals surface area contributed by atoms with Crippen molar-refractivity contribution in [2.45, 2.75) is 6.92 Å². The number of hydrogen-bond acceptors (Lipinski definition) is 5. The molecule has 2 aromatic carbocycles. The molecule has 0 atom stereocenters. The molecule has 0 saturated carbocycles. The molecule has 7 heteroatoms. The predicted octanol–water partition coefficient (Wildman–Crippen LogP) is 5.08. The van der Waals surface area contributed by atoms with E-state index in [1.54, 1.807) is 24.4 Å². The molecule has 0 aliphatic carbocycles. The first-order chi connectivity index (χ1) is 11.7. The molecule has 1 aromatic heterocycles. The third-order valence-corrected chi connectivity index (χ3v) is 3.91. The smallest absolute Gasteiger partial charge is 0.251 e. The zero-order valence-electron chi connectivity index (χ0n) is 12.9. The minimum absolute atomic E-state index is 0.512. The summed E-state index contributed by atoms with van der Waals surface area (Å²) in [5, 5.41) is 12.4. The Kier molecular flexibility index (Phi) is 5.13. The minimum Gasteiger partial charge on any atom is -0.338 e. The van der Waals surface area contributed by atoms with Crippen LogP contribution in [-0.4, -0.2) is 21.7 Å². The Balaban J connectivity index is 1.88. The second-order valence-electron chi connectivity index (χ2n) is 4.97. The first-order valence-corrected chi connectivity index (χ1v) is 8.17. The molecule has 0 amide bonds. The van der Waals surface area contributed by atoms with Crippen molar-refractivity contribution in [2.75, 3.05) is 16.8 Å². The van der Waals surface area contributed by atoms with Gasteiger partial charge in [0, 0.05) is 17.3 Å². The van der Waals surface area contributed by atoms with E-state index in [0.717, 1.165) is 12.2 Å². The fourth-order valence-electron chi connectivity index (χ4n) is 2.24. The van der Waals surface area contributed by atoms with Gasteiger partial charge in [0.2, 0.25) is 0 Å². The molecule has 1 heterocycles. The first kappa shape index (κ1) is 16.5. The SMILES string of the molecule is CCN(c1ccccc1)c1nncc(Nc2ccc(Cl)cc2Cl)n1. The van der Waals surface area contributed by atoms with Crippen molar-refractivity contribution in [3.05, 3.63) is 64.8 Å². The van der Waals surface area contributed by atoms with Crippen LogP contribution in [0.5, 0.6) is 0 Å². The van der Waals surface area contributed by atoms with Crippen molar-refractivity contribution in [1.82, 2.24) is 15.2 Å². The zero-order valence-corrected chi connectivity index (χ0v) is 14.5. The summed E-state index contributed by atoms with van der Waals surface area (Å²) in [7, 11) is 0. The van der Waals surface area contributed by atoms with Gasteiger partial charge in [0.15, 0.2) is 5.82 Å². The van der Waals surface area contributed by atoms with Gasteiger partial charge in [0.25, 0.3) is 5.95 Å². The largest absolute Gasteiger partial charge is 0.338 e. The maximum atomic E-state index is 6.18. The van der Waals surface area contributed by atoms with Crippen molar-refractivity contribution in [3.8, 4) is 0 Å². The highest BCUT2D eigenvalue weighted by molar-refractivity contribution is 6.36. The van der Waals surface area contributed by atoms with Crippen LogP contribution >= 0.6 is 23.2 Å². The van der Waals surface area contributed by atoms with E-state index in [-0.39, 0.29) is 0 Å². The number of hydrogen-bond donors (Lipinski definition) is 1. The van der Waals surface area contributed by atoms with E-state index >= 15 is 0 Å². The van der Waals surface area contributed by atoms with Crippen LogP contribution in [0.4, 0.5) is 23.1 Å². The predicted molar refractivity (Wildman–Crippen MR) is 98.7 cm³/mol. The molecule has 0 unspecified atom stereocenters. The van der Waals surface area contributed by atoms with Gasteiger partial charge in [-0.1, -0.05) is 41.4 Å². The topological polar surface area (TPSA) is 53.9 Å². The lowest BCUT2D eigenvalue weighted by Gasteiger charge is -2.20. The molecule has 0 radical (unpaired) electrons. The fraction of sp³-hybridized carbons (Fsp3) is 0.118. The summed E-state index contributed by atoms with van der Waals surface area (Å²) in [4.78, 5) is 6.50. The van der Waals surface area contributed by atoms with Crippen LogP contribution in [-0.2, 0) is 0 Å². The van der Waals surface area contributed by atoms with Crippen molar-refractivity contribution in [1.29, 1.82) is 0 Å². The van der Waals surface area contributed by atoms with Gasteiger partial charge in [0.1, 0.15) is 0 Å². The first-order valence-electron chi connectivity index (χ1n) is 7.41. The molecule has 24 heavy (non-hydrogen) atoms. The van der Waals surface area contributed by atoms with Gasteiger partial charge in [-0.15, -0.1) is 5.10 Å². The summed E-state index contributed by atoms with van der Waals surface area (Å²) in [5.41, 5.74) is 1.71. The molecular weight excluding hydrogens is 345 g/mol. The van der Waals surface area contributed by atoms with Gasteiger partial charge < -0.3 is 10.2 Å². The number of halogens is 2. The monoisotopic (exact) mass is 359 g/mol. The lowest BCUT2D eigenvalue weighted by molar-refractivity contribution is 0.887. The van der Waals surface area contributed by atoms with E-state index in [0.29, 0.717) is 27.5 Å². The second-order valence-corrected chi connectivity index (χ2v) is 5.81. The molecule has 0 saturated heterocycles. The Hall–Kier alpha value is -2.37. The van der Waals surface area contributed by atoms with Crippen LogP contribution < -0.4 is 10.2 Å². The van der Waals surface area contributed by atoms with E-state index < -0.39 is 0 Å². The third-order valence-electron chi connectivity index (χ3n) is 3.37. The summed E-state index contributed by atoms with van der Waals surface area (Å²) in [6, 6.07) is 15.1. The number of nitrogens with one attached hydrogen (secondary N) is 1. The molecule has 0 spiro atoms. The lowest BCUT2D eigenvalue weighted by atomic mass is 10.3. The highest BCUT2D eigenvalue weighted by Crippen LogP contribution is 2.28. The van der Waals surface area contributed by atoms with E-state index in [2.05, 4.69) is 20.5 Å². The Labute approximate surface area is 150 Å². The quantitative estimate of drug-likeness (QED) is 0.688. The van der Waals surface area contributed by atoms with E-state index in [1.165, 1.54) is 0 Å². The van der Waals surface area contributed by atoms with Crippen molar-refractivity contribution in [2.24, 2.45) is 0 Å². The van der Waals surface area contributed by atoms with E-state index in [4.69, 9.17) is 23.2 Å². The maximum absolute atomic E-state index is 6.18. The molecule has 5 nitrogen and oxygen atoms in total. The number of anilines is 4. The highest BCUT2D eigenvalue weighted by Gasteiger charge is 2.12. The van der Waals surface area contributed by atoms with Crippen LogP contribution in [0.3, 0.4) is 0 Å². The summed E-state index contributed by atoms with van der Waals surface area (Å²) >= 11 is 12.1. The molecule has 0 aliphatic rings. The standard InChI is InChI=1S/C17H15Cl2N5/c1-2-24(13-6-4-3-5-7-13)17-22-16(11-20-23-17)21-15-9-8-12(18)10-14(15)19/h3-11H,2H2,1H3,(H,21,22,23). The Morgan fingerprint density at radius 1 is 1.08 bits per heavy atom. The Morgan fingerprint density at radius 3 is 2.58 bits per heavy atom. The summed E-state index contributed by atoms with van der Waals surface area (Å²) < 4.78 is 0. The lowest BCUT2D eigenvalue weighted by Crippen LogP contribution is -2.19. The minimum atomic E-state index is 0.512. The van der Waals surface area contributed by atoms with Crippen LogP contribution in [0.1, 0.15) is 6.92 Å². The second kappa shape index (κ2) is 7.47. The normalized spacial score (nSPS) is 10.5. The highest BCUT2D eigenvalue weighted by atomic mass is 35.5. The van der Waals surface area contributed by atoms with Crippen LogP contribution in [0.2, 0.25) is 10.0 Å². The third kappa shape index (κ3) is 3.75. The Bertz CT molecular complexity index is 826. The Morgan fingerprint density at radius 2 is 1.88 bits per heavy atom. The van der Waals surface area contributed by atoms with Gasteiger partial charge in [-0.05, 0) is 37.3 Å². The molecule has 0 aliphatic heterocycles. The van der Waals surface area contributed by atoms with Gasteiger partial charge in [-0.25, -0.2) is 0 Å². The molecular formula is C17H15Cl2N5. The van der Waals surface area contributed by atoms with Crippen LogP contribution in [0.25, 0.3) is 0 Å². The molecule has 0 fully saturated rings. The molecule has 0 bridgehead atoms. The average molecular weight is 360 g/mol. The van der Waals surface area contributed by atoms with Crippen LogP contribution in [0.15, 0.2) is 54.7 Å². The summed E-state index contributed by atoms with van der Waals surface area (Å²) in [5.74, 6) is 1.07.